The monoisotopic (exact) mass is 271 g/mol. The van der Waals surface area contributed by atoms with E-state index in [0.717, 1.165) is 18.6 Å². The second-order valence-electron chi connectivity index (χ2n) is 4.30. The van der Waals surface area contributed by atoms with Crippen LogP contribution in [-0.4, -0.2) is 21.5 Å². The van der Waals surface area contributed by atoms with Crippen LogP contribution in [0.2, 0.25) is 5.02 Å². The van der Waals surface area contributed by atoms with Gasteiger partial charge >= 0.3 is 0 Å². The fourth-order valence-electron chi connectivity index (χ4n) is 1.82. The number of aromatic hydroxyl groups is 1. The van der Waals surface area contributed by atoms with Gasteiger partial charge in [-0.1, -0.05) is 11.6 Å². The Labute approximate surface area is 110 Å². The topological polar surface area (TPSA) is 49.3 Å². The van der Waals surface area contributed by atoms with Crippen molar-refractivity contribution in [3.05, 3.63) is 23.2 Å². The molecule has 0 saturated carbocycles. The van der Waals surface area contributed by atoms with Gasteiger partial charge in [-0.3, -0.25) is 4.79 Å². The van der Waals surface area contributed by atoms with Crippen molar-refractivity contribution in [1.29, 1.82) is 0 Å². The summed E-state index contributed by atoms with van der Waals surface area (Å²) in [5, 5.41) is 12.4. The molecular formula is C12H14ClNO2S. The largest absolute Gasteiger partial charge is 0.508 e. The van der Waals surface area contributed by atoms with Gasteiger partial charge in [-0.2, -0.15) is 0 Å². The van der Waals surface area contributed by atoms with E-state index in [1.807, 2.05) is 6.92 Å². The van der Waals surface area contributed by atoms with Gasteiger partial charge in [0.15, 0.2) is 0 Å². The molecule has 1 unspecified atom stereocenters. The molecule has 0 aliphatic carbocycles. The first-order valence-corrected chi connectivity index (χ1v) is 6.81. The zero-order chi connectivity index (χ0) is 12.5. The van der Waals surface area contributed by atoms with Crippen LogP contribution >= 0.6 is 23.4 Å². The van der Waals surface area contributed by atoms with Crippen LogP contribution in [0.3, 0.4) is 0 Å². The summed E-state index contributed by atoms with van der Waals surface area (Å²) in [5.41, 5.74) is 0.545. The number of carbonyl (C=O) groups excluding carboxylic acids is 1. The second-order valence-corrected chi connectivity index (χ2v) is 6.31. The third-order valence-corrected chi connectivity index (χ3v) is 4.73. The molecule has 1 saturated heterocycles. The van der Waals surface area contributed by atoms with Gasteiger partial charge in [-0.25, -0.2) is 0 Å². The van der Waals surface area contributed by atoms with E-state index in [1.165, 1.54) is 12.1 Å². The van der Waals surface area contributed by atoms with E-state index >= 15 is 0 Å². The van der Waals surface area contributed by atoms with Crippen LogP contribution in [0.1, 0.15) is 19.8 Å². The molecule has 1 fully saturated rings. The highest BCUT2D eigenvalue weighted by molar-refractivity contribution is 8.01. The zero-order valence-electron chi connectivity index (χ0n) is 9.50. The van der Waals surface area contributed by atoms with Crippen molar-refractivity contribution in [3.63, 3.8) is 0 Å². The summed E-state index contributed by atoms with van der Waals surface area (Å²) < 4.78 is -0.360. The normalized spacial score (nSPS) is 23.6. The molecule has 0 bridgehead atoms. The van der Waals surface area contributed by atoms with Crippen molar-refractivity contribution in [1.82, 2.24) is 0 Å². The SMILES string of the molecule is CC1(C(=O)Nc2ccc(O)cc2Cl)CCCS1. The summed E-state index contributed by atoms with van der Waals surface area (Å²) in [6, 6.07) is 4.53. The number of nitrogens with one attached hydrogen (secondary N) is 1. The van der Waals surface area contributed by atoms with Gasteiger partial charge in [0, 0.05) is 6.07 Å². The van der Waals surface area contributed by atoms with Gasteiger partial charge in [0.1, 0.15) is 5.75 Å². The number of halogens is 1. The van der Waals surface area contributed by atoms with Crippen molar-refractivity contribution in [2.45, 2.75) is 24.5 Å². The number of anilines is 1. The number of phenols is 1. The van der Waals surface area contributed by atoms with Gasteiger partial charge < -0.3 is 10.4 Å². The first kappa shape index (κ1) is 12.6. The fourth-order valence-corrected chi connectivity index (χ4v) is 3.25. The van der Waals surface area contributed by atoms with Crippen LogP contribution in [-0.2, 0) is 4.79 Å². The molecule has 92 valence electrons. The third-order valence-electron chi connectivity index (χ3n) is 2.90. The smallest absolute Gasteiger partial charge is 0.240 e. The van der Waals surface area contributed by atoms with Crippen LogP contribution in [0, 0.1) is 0 Å². The third kappa shape index (κ3) is 2.69. The first-order chi connectivity index (χ1) is 8.01. The number of carbonyl (C=O) groups is 1. The molecule has 1 heterocycles. The molecule has 1 amide bonds. The van der Waals surface area contributed by atoms with Gasteiger partial charge in [-0.05, 0) is 37.7 Å². The maximum atomic E-state index is 12.1. The van der Waals surface area contributed by atoms with E-state index < -0.39 is 0 Å². The number of hydrogen-bond donors (Lipinski definition) is 2. The van der Waals surface area contributed by atoms with E-state index in [2.05, 4.69) is 5.32 Å². The molecule has 2 N–H and O–H groups in total. The molecule has 5 heteroatoms. The van der Waals surface area contributed by atoms with Crippen molar-refractivity contribution in [2.24, 2.45) is 0 Å². The van der Waals surface area contributed by atoms with E-state index in [0.29, 0.717) is 10.7 Å². The summed E-state index contributed by atoms with van der Waals surface area (Å²) in [6.07, 6.45) is 1.96. The minimum Gasteiger partial charge on any atom is -0.508 e. The van der Waals surface area contributed by atoms with Crippen molar-refractivity contribution in [3.8, 4) is 5.75 Å². The Morgan fingerprint density at radius 1 is 1.59 bits per heavy atom. The van der Waals surface area contributed by atoms with Gasteiger partial charge in [0.25, 0.3) is 0 Å². The quantitative estimate of drug-likeness (QED) is 0.812. The average Bonchev–Trinajstić information content (AvgIpc) is 2.71. The van der Waals surface area contributed by atoms with E-state index in [4.69, 9.17) is 11.6 Å². The summed E-state index contributed by atoms with van der Waals surface area (Å²) in [4.78, 5) is 12.1. The Hall–Kier alpha value is -0.870. The lowest BCUT2D eigenvalue weighted by atomic mass is 10.0. The van der Waals surface area contributed by atoms with Crippen LogP contribution in [0.4, 0.5) is 5.69 Å². The van der Waals surface area contributed by atoms with Gasteiger partial charge in [0.05, 0.1) is 15.5 Å². The standard InChI is InChI=1S/C12H14ClNO2S/c1-12(5-2-6-17-12)11(16)14-10-4-3-8(15)7-9(10)13/h3-4,7,15H,2,5-6H2,1H3,(H,14,16). The Balaban J connectivity index is 2.13. The number of phenolic OH excluding ortho intramolecular Hbond substituents is 1. The fraction of sp³-hybridized carbons (Fsp3) is 0.417. The molecule has 1 aromatic rings. The van der Waals surface area contributed by atoms with E-state index in [9.17, 15) is 9.90 Å². The average molecular weight is 272 g/mol. The van der Waals surface area contributed by atoms with E-state index in [-0.39, 0.29) is 16.4 Å². The molecule has 1 aliphatic heterocycles. The molecule has 2 rings (SSSR count). The lowest BCUT2D eigenvalue weighted by Gasteiger charge is -2.21. The van der Waals surface area contributed by atoms with Crippen LogP contribution in [0.15, 0.2) is 18.2 Å². The number of benzene rings is 1. The predicted octanol–water partition coefficient (Wildman–Crippen LogP) is 3.27. The molecule has 1 atom stereocenters. The lowest BCUT2D eigenvalue weighted by molar-refractivity contribution is -0.118. The Kier molecular flexibility index (Phi) is 3.54. The molecule has 0 spiro atoms. The number of amides is 1. The Bertz CT molecular complexity index is 444. The molecule has 1 aromatic carbocycles. The van der Waals surface area contributed by atoms with Crippen LogP contribution in [0.25, 0.3) is 0 Å². The Morgan fingerprint density at radius 3 is 2.94 bits per heavy atom. The molecule has 3 nitrogen and oxygen atoms in total. The Morgan fingerprint density at radius 2 is 2.35 bits per heavy atom. The molecule has 17 heavy (non-hydrogen) atoms. The summed E-state index contributed by atoms with van der Waals surface area (Å²) in [5.74, 6) is 1.09. The summed E-state index contributed by atoms with van der Waals surface area (Å²) in [6.45, 7) is 1.95. The van der Waals surface area contributed by atoms with Crippen LogP contribution < -0.4 is 5.32 Å². The zero-order valence-corrected chi connectivity index (χ0v) is 11.1. The highest BCUT2D eigenvalue weighted by Gasteiger charge is 2.37. The first-order valence-electron chi connectivity index (χ1n) is 5.45. The minimum atomic E-state index is -0.360. The maximum absolute atomic E-state index is 12.1. The van der Waals surface area contributed by atoms with Gasteiger partial charge in [0.2, 0.25) is 5.91 Å². The minimum absolute atomic E-state index is 0.0208. The number of rotatable bonds is 2. The van der Waals surface area contributed by atoms with Crippen molar-refractivity contribution in [2.75, 3.05) is 11.1 Å². The number of thioether (sulfide) groups is 1. The van der Waals surface area contributed by atoms with Gasteiger partial charge in [-0.15, -0.1) is 11.8 Å². The van der Waals surface area contributed by atoms with E-state index in [1.54, 1.807) is 17.8 Å². The molecule has 1 aliphatic rings. The second kappa shape index (κ2) is 4.78. The lowest BCUT2D eigenvalue weighted by Crippen LogP contribution is -2.34. The van der Waals surface area contributed by atoms with Crippen molar-refractivity contribution < 1.29 is 9.90 Å². The molecule has 0 aromatic heterocycles. The molecule has 0 radical (unpaired) electrons. The van der Waals surface area contributed by atoms with Crippen molar-refractivity contribution >= 4 is 35.0 Å². The maximum Gasteiger partial charge on any atom is 0.240 e. The van der Waals surface area contributed by atoms with Crippen LogP contribution in [0.5, 0.6) is 5.75 Å². The highest BCUT2D eigenvalue weighted by Crippen LogP contribution is 2.39. The summed E-state index contributed by atoms with van der Waals surface area (Å²) in [7, 11) is 0. The predicted molar refractivity (Wildman–Crippen MR) is 71.8 cm³/mol. The number of hydrogen-bond acceptors (Lipinski definition) is 3. The summed E-state index contributed by atoms with van der Waals surface area (Å²) >= 11 is 7.62. The molecular weight excluding hydrogens is 258 g/mol. The highest BCUT2D eigenvalue weighted by atomic mass is 35.5.